The lowest BCUT2D eigenvalue weighted by atomic mass is 10.0. The number of benzene rings is 1. The third-order valence-electron chi connectivity index (χ3n) is 3.02. The molecule has 1 aromatic carbocycles. The predicted molar refractivity (Wildman–Crippen MR) is 71.3 cm³/mol. The molecule has 1 amide bonds. The smallest absolute Gasteiger partial charge is 0.225 e. The molecule has 1 heterocycles. The molecule has 1 saturated heterocycles. The van der Waals surface area contributed by atoms with Crippen LogP contribution in [0.15, 0.2) is 29.2 Å². The molecule has 0 saturated carbocycles. The van der Waals surface area contributed by atoms with Crippen LogP contribution in [0, 0.1) is 5.92 Å². The van der Waals surface area contributed by atoms with E-state index in [1.165, 1.54) is 10.5 Å². The van der Waals surface area contributed by atoms with E-state index >= 15 is 0 Å². The van der Waals surface area contributed by atoms with Crippen LogP contribution in [0.4, 0.5) is 0 Å². The van der Waals surface area contributed by atoms with Crippen molar-refractivity contribution in [2.24, 2.45) is 5.92 Å². The van der Waals surface area contributed by atoms with E-state index in [1.54, 1.807) is 11.8 Å². The second-order valence-electron chi connectivity index (χ2n) is 4.24. The number of hydrogen-bond acceptors (Lipinski definition) is 3. The first-order chi connectivity index (χ1) is 8.29. The molecular weight excluding hydrogens is 232 g/mol. The standard InChI is InChI=1S/C13H18N2OS/c1-17-12-4-2-10(3-5-12)6-7-15-13(16)11-8-14-9-11/h2-5,11,14H,6-9H2,1H3,(H,15,16). The molecule has 1 fully saturated rings. The molecule has 4 heteroatoms. The molecule has 1 aliphatic heterocycles. The Balaban J connectivity index is 1.71. The Morgan fingerprint density at radius 1 is 1.41 bits per heavy atom. The van der Waals surface area contributed by atoms with Crippen molar-refractivity contribution in [1.29, 1.82) is 0 Å². The highest BCUT2D eigenvalue weighted by atomic mass is 32.2. The molecule has 0 spiro atoms. The Bertz CT molecular complexity index is 374. The van der Waals surface area contributed by atoms with Gasteiger partial charge in [0.15, 0.2) is 0 Å². The maximum Gasteiger partial charge on any atom is 0.225 e. The van der Waals surface area contributed by atoms with Crippen LogP contribution < -0.4 is 10.6 Å². The van der Waals surface area contributed by atoms with Crippen molar-refractivity contribution in [1.82, 2.24) is 10.6 Å². The predicted octanol–water partition coefficient (Wildman–Crippen LogP) is 1.29. The van der Waals surface area contributed by atoms with E-state index in [1.807, 2.05) is 0 Å². The van der Waals surface area contributed by atoms with E-state index in [2.05, 4.69) is 41.2 Å². The Kier molecular flexibility index (Phi) is 4.45. The minimum atomic E-state index is 0.185. The zero-order chi connectivity index (χ0) is 12.1. The highest BCUT2D eigenvalue weighted by Crippen LogP contribution is 2.14. The summed E-state index contributed by atoms with van der Waals surface area (Å²) in [5.74, 6) is 0.373. The highest BCUT2D eigenvalue weighted by molar-refractivity contribution is 7.98. The molecule has 1 aromatic rings. The molecule has 0 atom stereocenters. The van der Waals surface area contributed by atoms with Gasteiger partial charge in [-0.05, 0) is 30.4 Å². The molecule has 0 unspecified atom stereocenters. The normalized spacial score (nSPS) is 15.4. The first kappa shape index (κ1) is 12.5. The lowest BCUT2D eigenvalue weighted by molar-refractivity contribution is -0.126. The van der Waals surface area contributed by atoms with Crippen molar-refractivity contribution in [3.63, 3.8) is 0 Å². The van der Waals surface area contributed by atoms with Crippen LogP contribution >= 0.6 is 11.8 Å². The number of hydrogen-bond donors (Lipinski definition) is 2. The van der Waals surface area contributed by atoms with Gasteiger partial charge in [-0.25, -0.2) is 0 Å². The van der Waals surface area contributed by atoms with Gasteiger partial charge in [-0.2, -0.15) is 0 Å². The monoisotopic (exact) mass is 250 g/mol. The van der Waals surface area contributed by atoms with Gasteiger partial charge in [-0.15, -0.1) is 11.8 Å². The van der Waals surface area contributed by atoms with Gasteiger partial charge in [0, 0.05) is 24.5 Å². The summed E-state index contributed by atoms with van der Waals surface area (Å²) in [5.41, 5.74) is 1.27. The molecular formula is C13H18N2OS. The fourth-order valence-electron chi connectivity index (χ4n) is 1.74. The average molecular weight is 250 g/mol. The molecule has 0 radical (unpaired) electrons. The lowest BCUT2D eigenvalue weighted by Gasteiger charge is -2.25. The van der Waals surface area contributed by atoms with Crippen molar-refractivity contribution in [2.75, 3.05) is 25.9 Å². The minimum absolute atomic E-state index is 0.185. The zero-order valence-corrected chi connectivity index (χ0v) is 10.8. The second kappa shape index (κ2) is 6.07. The summed E-state index contributed by atoms with van der Waals surface area (Å²) in [7, 11) is 0. The van der Waals surface area contributed by atoms with E-state index in [9.17, 15) is 4.79 Å². The third-order valence-corrected chi connectivity index (χ3v) is 3.77. The van der Waals surface area contributed by atoms with Gasteiger partial charge in [0.25, 0.3) is 0 Å². The molecule has 0 aromatic heterocycles. The van der Waals surface area contributed by atoms with E-state index in [0.717, 1.165) is 26.1 Å². The second-order valence-corrected chi connectivity index (χ2v) is 5.12. The quantitative estimate of drug-likeness (QED) is 0.774. The van der Waals surface area contributed by atoms with Crippen LogP contribution in [-0.4, -0.2) is 31.8 Å². The molecule has 17 heavy (non-hydrogen) atoms. The third kappa shape index (κ3) is 3.48. The number of amides is 1. The molecule has 3 nitrogen and oxygen atoms in total. The molecule has 92 valence electrons. The van der Waals surface area contributed by atoms with Gasteiger partial charge in [-0.1, -0.05) is 12.1 Å². The maximum atomic E-state index is 11.6. The SMILES string of the molecule is CSc1ccc(CCNC(=O)C2CNC2)cc1. The zero-order valence-electron chi connectivity index (χ0n) is 10.0. The van der Waals surface area contributed by atoms with Gasteiger partial charge in [0.1, 0.15) is 0 Å². The van der Waals surface area contributed by atoms with E-state index < -0.39 is 0 Å². The average Bonchev–Trinajstić information content (AvgIpc) is 2.27. The number of carbonyl (C=O) groups is 1. The van der Waals surface area contributed by atoms with Gasteiger partial charge in [-0.3, -0.25) is 4.79 Å². The first-order valence-corrected chi connectivity index (χ1v) is 7.13. The number of carbonyl (C=O) groups excluding carboxylic acids is 1. The number of nitrogens with one attached hydrogen (secondary N) is 2. The van der Waals surface area contributed by atoms with E-state index in [4.69, 9.17) is 0 Å². The van der Waals surface area contributed by atoms with Gasteiger partial charge in [0.2, 0.25) is 5.91 Å². The number of thioether (sulfide) groups is 1. The summed E-state index contributed by atoms with van der Waals surface area (Å²) in [6.45, 7) is 2.39. The maximum absolute atomic E-state index is 11.6. The Morgan fingerprint density at radius 2 is 2.12 bits per heavy atom. The molecule has 0 bridgehead atoms. The molecule has 1 aliphatic rings. The van der Waals surface area contributed by atoms with Gasteiger partial charge < -0.3 is 10.6 Å². The van der Waals surface area contributed by atoms with Crippen molar-refractivity contribution in [3.8, 4) is 0 Å². The summed E-state index contributed by atoms with van der Waals surface area (Å²) < 4.78 is 0. The minimum Gasteiger partial charge on any atom is -0.355 e. The molecule has 2 N–H and O–H groups in total. The van der Waals surface area contributed by atoms with Crippen molar-refractivity contribution < 1.29 is 4.79 Å². The van der Waals surface area contributed by atoms with Crippen LogP contribution in [0.3, 0.4) is 0 Å². The largest absolute Gasteiger partial charge is 0.355 e. The summed E-state index contributed by atoms with van der Waals surface area (Å²) in [5, 5.41) is 6.08. The molecule has 2 rings (SSSR count). The topological polar surface area (TPSA) is 41.1 Å². The molecule has 0 aliphatic carbocycles. The Labute approximate surface area is 106 Å². The Hall–Kier alpha value is -1.00. The van der Waals surface area contributed by atoms with Crippen LogP contribution in [0.1, 0.15) is 5.56 Å². The fourth-order valence-corrected chi connectivity index (χ4v) is 2.15. The van der Waals surface area contributed by atoms with Crippen LogP contribution in [0.25, 0.3) is 0 Å². The highest BCUT2D eigenvalue weighted by Gasteiger charge is 2.23. The Morgan fingerprint density at radius 3 is 2.65 bits per heavy atom. The summed E-state index contributed by atoms with van der Waals surface area (Å²) in [4.78, 5) is 12.8. The van der Waals surface area contributed by atoms with Crippen LogP contribution in [0.2, 0.25) is 0 Å². The van der Waals surface area contributed by atoms with Crippen molar-refractivity contribution in [3.05, 3.63) is 29.8 Å². The van der Waals surface area contributed by atoms with Crippen LogP contribution in [0.5, 0.6) is 0 Å². The van der Waals surface area contributed by atoms with Crippen molar-refractivity contribution in [2.45, 2.75) is 11.3 Å². The summed E-state index contributed by atoms with van der Waals surface area (Å²) in [6.07, 6.45) is 2.97. The van der Waals surface area contributed by atoms with Gasteiger partial charge in [0.05, 0.1) is 5.92 Å². The fraction of sp³-hybridized carbons (Fsp3) is 0.462. The van der Waals surface area contributed by atoms with Crippen molar-refractivity contribution >= 4 is 17.7 Å². The first-order valence-electron chi connectivity index (χ1n) is 5.91. The number of rotatable bonds is 5. The lowest BCUT2D eigenvalue weighted by Crippen LogP contribution is -2.51. The van der Waals surface area contributed by atoms with E-state index in [-0.39, 0.29) is 11.8 Å². The van der Waals surface area contributed by atoms with E-state index in [0.29, 0.717) is 0 Å². The summed E-state index contributed by atoms with van der Waals surface area (Å²) in [6, 6.07) is 8.50. The van der Waals surface area contributed by atoms with Crippen LogP contribution in [-0.2, 0) is 11.2 Å². The summed E-state index contributed by atoms with van der Waals surface area (Å²) >= 11 is 1.74. The van der Waals surface area contributed by atoms with Gasteiger partial charge >= 0.3 is 0 Å².